The van der Waals surface area contributed by atoms with Gasteiger partial charge in [-0.05, 0) is 42.5 Å². The lowest BCUT2D eigenvalue weighted by atomic mass is 10.0. The molecule has 1 amide bonds. The van der Waals surface area contributed by atoms with Crippen LogP contribution in [0.4, 0.5) is 5.69 Å². The topological polar surface area (TPSA) is 79.0 Å². The van der Waals surface area contributed by atoms with E-state index in [1.54, 1.807) is 0 Å². The van der Waals surface area contributed by atoms with Gasteiger partial charge >= 0.3 is 0 Å². The zero-order chi connectivity index (χ0) is 17.4. The fraction of sp³-hybridized carbons (Fsp3) is 0.474. The summed E-state index contributed by atoms with van der Waals surface area (Å²) in [5.74, 6) is 0.323. The van der Waals surface area contributed by atoms with E-state index in [-0.39, 0.29) is 12.0 Å². The van der Waals surface area contributed by atoms with E-state index in [2.05, 4.69) is 34.7 Å². The second-order valence-electron chi connectivity index (χ2n) is 7.38. The number of benzene rings is 1. The summed E-state index contributed by atoms with van der Waals surface area (Å²) in [5, 5.41) is 13.4. The first-order valence-corrected chi connectivity index (χ1v) is 8.93. The van der Waals surface area contributed by atoms with Crippen LogP contribution in [-0.4, -0.2) is 34.8 Å². The maximum atomic E-state index is 12.3. The molecule has 2 aliphatic rings. The van der Waals surface area contributed by atoms with E-state index in [4.69, 9.17) is 4.74 Å². The van der Waals surface area contributed by atoms with E-state index in [0.29, 0.717) is 23.8 Å². The van der Waals surface area contributed by atoms with Crippen molar-refractivity contribution in [3.63, 3.8) is 0 Å². The number of morpholine rings is 1. The number of carbonyl (C=O) groups is 1. The number of fused-ring (bicyclic) bond motifs is 2. The predicted octanol–water partition coefficient (Wildman–Crippen LogP) is 2.66. The van der Waals surface area contributed by atoms with Crippen molar-refractivity contribution in [1.29, 1.82) is 0 Å². The van der Waals surface area contributed by atoms with Gasteiger partial charge in [-0.3, -0.25) is 9.89 Å². The Balaban J connectivity index is 1.39. The molecular weight excluding hydrogens is 316 g/mol. The van der Waals surface area contributed by atoms with Crippen LogP contribution in [0.25, 0.3) is 0 Å². The van der Waals surface area contributed by atoms with Gasteiger partial charge in [0, 0.05) is 24.0 Å². The Hall–Kier alpha value is -2.18. The molecular formula is C19H24N4O2. The lowest BCUT2D eigenvalue weighted by Gasteiger charge is -2.23. The Morgan fingerprint density at radius 1 is 1.36 bits per heavy atom. The normalized spacial score (nSPS) is 24.8. The van der Waals surface area contributed by atoms with E-state index >= 15 is 0 Å². The van der Waals surface area contributed by atoms with Crippen LogP contribution in [0.2, 0.25) is 0 Å². The third kappa shape index (κ3) is 3.45. The molecule has 2 bridgehead atoms. The number of aromatic nitrogens is 2. The second-order valence-corrected chi connectivity index (χ2v) is 7.38. The van der Waals surface area contributed by atoms with Crippen molar-refractivity contribution in [2.45, 2.75) is 44.9 Å². The quantitative estimate of drug-likeness (QED) is 0.782. The summed E-state index contributed by atoms with van der Waals surface area (Å²) in [6, 6.07) is 10.1. The van der Waals surface area contributed by atoms with Crippen molar-refractivity contribution >= 4 is 11.6 Å². The molecule has 1 aromatic carbocycles. The highest BCUT2D eigenvalue weighted by Gasteiger charge is 2.41. The van der Waals surface area contributed by atoms with Crippen LogP contribution in [0.3, 0.4) is 0 Å². The maximum absolute atomic E-state index is 12.3. The van der Waals surface area contributed by atoms with Crippen LogP contribution in [0.15, 0.2) is 30.3 Å². The van der Waals surface area contributed by atoms with Crippen LogP contribution in [-0.2, 0) is 11.2 Å². The third-order valence-corrected chi connectivity index (χ3v) is 4.82. The number of amides is 1. The van der Waals surface area contributed by atoms with E-state index in [9.17, 15) is 4.79 Å². The Morgan fingerprint density at radius 2 is 2.16 bits per heavy atom. The number of ether oxygens (including phenoxy) is 1. The van der Waals surface area contributed by atoms with Gasteiger partial charge in [0.1, 0.15) is 0 Å². The summed E-state index contributed by atoms with van der Waals surface area (Å²) >= 11 is 0. The smallest absolute Gasteiger partial charge is 0.276 e. The van der Waals surface area contributed by atoms with Gasteiger partial charge in [-0.2, -0.15) is 5.10 Å². The largest absolute Gasteiger partial charge is 0.367 e. The molecule has 6 nitrogen and oxygen atoms in total. The highest BCUT2D eigenvalue weighted by Crippen LogP contribution is 2.37. The van der Waals surface area contributed by atoms with Crippen molar-refractivity contribution in [3.8, 4) is 0 Å². The molecule has 6 heteroatoms. The predicted molar refractivity (Wildman–Crippen MR) is 95.5 cm³/mol. The fourth-order valence-electron chi connectivity index (χ4n) is 3.65. The first-order chi connectivity index (χ1) is 12.1. The van der Waals surface area contributed by atoms with Gasteiger partial charge in [0.2, 0.25) is 0 Å². The maximum Gasteiger partial charge on any atom is 0.276 e. The highest BCUT2D eigenvalue weighted by molar-refractivity contribution is 6.02. The lowest BCUT2D eigenvalue weighted by Crippen LogP contribution is -2.33. The number of hydrogen-bond acceptors (Lipinski definition) is 4. The SMILES string of the molecule is CC(C)Cc1cc(C(=O)Nc2ccc([C@@H]3O[C@H]4CN[C@@H]3C4)cc2)n[nH]1. The first kappa shape index (κ1) is 16.3. The standard InChI is InChI=1S/C19H24N4O2/c1-11(2)7-14-8-17(23-22-14)19(24)21-13-5-3-12(4-6-13)18-16-9-15(25-18)10-20-16/h3-6,8,11,15-16,18,20H,7,9-10H2,1-2H3,(H,21,24)(H,22,23)/t15-,16-,18+/m1/s1. The summed E-state index contributed by atoms with van der Waals surface area (Å²) < 4.78 is 6.01. The van der Waals surface area contributed by atoms with Crippen LogP contribution in [0, 0.1) is 5.92 Å². The minimum atomic E-state index is -0.197. The van der Waals surface area contributed by atoms with Gasteiger partial charge in [0.25, 0.3) is 5.91 Å². The Morgan fingerprint density at radius 3 is 2.80 bits per heavy atom. The Kier molecular flexibility index (Phi) is 4.31. The molecule has 25 heavy (non-hydrogen) atoms. The van der Waals surface area contributed by atoms with E-state index in [0.717, 1.165) is 36.3 Å². The molecule has 2 aliphatic heterocycles. The molecule has 3 atom stereocenters. The van der Waals surface area contributed by atoms with Crippen molar-refractivity contribution in [1.82, 2.24) is 15.5 Å². The summed E-state index contributed by atoms with van der Waals surface area (Å²) in [5.41, 5.74) is 3.31. The number of nitrogens with zero attached hydrogens (tertiary/aromatic N) is 1. The average molecular weight is 340 g/mol. The monoisotopic (exact) mass is 340 g/mol. The molecule has 2 fully saturated rings. The third-order valence-electron chi connectivity index (χ3n) is 4.82. The Bertz CT molecular complexity index is 753. The molecule has 0 unspecified atom stereocenters. The second kappa shape index (κ2) is 6.61. The Labute approximate surface area is 147 Å². The molecule has 4 rings (SSSR count). The van der Waals surface area contributed by atoms with Crippen molar-refractivity contribution in [3.05, 3.63) is 47.3 Å². The van der Waals surface area contributed by atoms with Gasteiger partial charge in [-0.25, -0.2) is 0 Å². The fourth-order valence-corrected chi connectivity index (χ4v) is 3.65. The van der Waals surface area contributed by atoms with E-state index in [1.165, 1.54) is 0 Å². The molecule has 0 saturated carbocycles. The zero-order valence-corrected chi connectivity index (χ0v) is 14.6. The zero-order valence-electron chi connectivity index (χ0n) is 14.6. The number of rotatable bonds is 5. The van der Waals surface area contributed by atoms with Crippen LogP contribution in [0.1, 0.15) is 48.1 Å². The number of nitrogens with one attached hydrogen (secondary N) is 3. The molecule has 132 valence electrons. The van der Waals surface area contributed by atoms with Gasteiger partial charge < -0.3 is 15.4 Å². The molecule has 0 radical (unpaired) electrons. The van der Waals surface area contributed by atoms with Gasteiger partial charge in [-0.1, -0.05) is 26.0 Å². The van der Waals surface area contributed by atoms with Gasteiger partial charge in [0.05, 0.1) is 12.2 Å². The number of carbonyl (C=O) groups excluding carboxylic acids is 1. The van der Waals surface area contributed by atoms with Crippen LogP contribution < -0.4 is 10.6 Å². The average Bonchev–Trinajstić information content (AvgIpc) is 3.31. The number of hydrogen-bond donors (Lipinski definition) is 3. The molecule has 3 heterocycles. The number of anilines is 1. The summed E-state index contributed by atoms with van der Waals surface area (Å²) in [6.07, 6.45) is 2.43. The van der Waals surface area contributed by atoms with Crippen LogP contribution in [0.5, 0.6) is 0 Å². The summed E-state index contributed by atoms with van der Waals surface area (Å²) in [6.45, 7) is 5.23. The lowest BCUT2D eigenvalue weighted by molar-refractivity contribution is 0.0160. The summed E-state index contributed by atoms with van der Waals surface area (Å²) in [7, 11) is 0. The minimum Gasteiger partial charge on any atom is -0.367 e. The summed E-state index contributed by atoms with van der Waals surface area (Å²) in [4.78, 5) is 12.3. The van der Waals surface area contributed by atoms with Crippen LogP contribution >= 0.6 is 0 Å². The van der Waals surface area contributed by atoms with Crippen molar-refractivity contribution in [2.24, 2.45) is 5.92 Å². The van der Waals surface area contributed by atoms with E-state index in [1.807, 2.05) is 30.3 Å². The molecule has 0 spiro atoms. The highest BCUT2D eigenvalue weighted by atomic mass is 16.5. The molecule has 3 N–H and O–H groups in total. The van der Waals surface area contributed by atoms with Gasteiger partial charge in [0.15, 0.2) is 5.69 Å². The molecule has 2 saturated heterocycles. The molecule has 1 aromatic heterocycles. The molecule has 2 aromatic rings. The van der Waals surface area contributed by atoms with E-state index < -0.39 is 0 Å². The van der Waals surface area contributed by atoms with Gasteiger partial charge in [-0.15, -0.1) is 0 Å². The molecule has 0 aliphatic carbocycles. The number of H-pyrrole nitrogens is 1. The van der Waals surface area contributed by atoms with Crippen molar-refractivity contribution in [2.75, 3.05) is 11.9 Å². The minimum absolute atomic E-state index is 0.119. The first-order valence-electron chi connectivity index (χ1n) is 8.93. The number of aromatic amines is 1. The van der Waals surface area contributed by atoms with Crippen molar-refractivity contribution < 1.29 is 9.53 Å².